The number of aliphatic hydroxyl groups is 1. The lowest BCUT2D eigenvalue weighted by Gasteiger charge is -2.41. The average Bonchev–Trinajstić information content (AvgIpc) is 2.99. The summed E-state index contributed by atoms with van der Waals surface area (Å²) in [5.41, 5.74) is 0.921. The number of anilines is 1. The van der Waals surface area contributed by atoms with Crippen LogP contribution in [0.4, 0.5) is 5.69 Å². The number of carbonyl (C=O) groups excluding carboxylic acids is 3. The molecule has 0 saturated carbocycles. The lowest BCUT2D eigenvalue weighted by atomic mass is 9.88. The Hall–Kier alpha value is -2.34. The highest BCUT2D eigenvalue weighted by atomic mass is 32.2. The fourth-order valence-electron chi connectivity index (χ4n) is 5.71. The molecule has 0 spiro atoms. The fourth-order valence-corrected chi connectivity index (χ4v) is 6.21. The number of ketones is 1. The SMILES string of the molecule is CC(C)N1C(=O)C(C(=O)NC2C[C@H]3CC[C@@H](C2)N3C[C@@H](O)CNS(C)(=O)=O)C(=O)c2ccccc21. The van der Waals surface area contributed by atoms with E-state index in [9.17, 15) is 27.9 Å². The van der Waals surface area contributed by atoms with Gasteiger partial charge in [0.05, 0.1) is 18.0 Å². The quantitative estimate of drug-likeness (QED) is 0.430. The number of aliphatic hydroxyl groups excluding tert-OH is 1. The lowest BCUT2D eigenvalue weighted by molar-refractivity contribution is -0.132. The summed E-state index contributed by atoms with van der Waals surface area (Å²) in [5, 5.41) is 13.3. The maximum absolute atomic E-state index is 13.2. The number of hydrogen-bond acceptors (Lipinski definition) is 7. The van der Waals surface area contributed by atoms with Crippen molar-refractivity contribution in [1.29, 1.82) is 0 Å². The van der Waals surface area contributed by atoms with Gasteiger partial charge in [0.1, 0.15) is 0 Å². The highest BCUT2D eigenvalue weighted by Gasteiger charge is 2.47. The third kappa shape index (κ3) is 5.42. The summed E-state index contributed by atoms with van der Waals surface area (Å²) >= 11 is 0. The number of Topliss-reactive ketones (excluding diaryl/α,β-unsaturated/α-hetero) is 1. The van der Waals surface area contributed by atoms with Crippen LogP contribution in [-0.4, -0.2) is 85.6 Å². The number of nitrogens with zero attached hydrogens (tertiary/aromatic N) is 2. The lowest BCUT2D eigenvalue weighted by Crippen LogP contribution is -2.57. The van der Waals surface area contributed by atoms with Gasteiger partial charge in [-0.25, -0.2) is 13.1 Å². The number of amides is 2. The Morgan fingerprint density at radius 3 is 2.37 bits per heavy atom. The minimum atomic E-state index is -3.38. The molecule has 0 aliphatic carbocycles. The van der Waals surface area contributed by atoms with Crippen LogP contribution in [0.15, 0.2) is 24.3 Å². The van der Waals surface area contributed by atoms with E-state index in [4.69, 9.17) is 0 Å². The normalized spacial score (nSPS) is 27.7. The second-order valence-corrected chi connectivity index (χ2v) is 12.0. The number of piperidine rings is 1. The third-order valence-electron chi connectivity index (χ3n) is 7.19. The van der Waals surface area contributed by atoms with E-state index >= 15 is 0 Å². The minimum absolute atomic E-state index is 0.0470. The van der Waals surface area contributed by atoms with Gasteiger partial charge >= 0.3 is 0 Å². The highest BCUT2D eigenvalue weighted by molar-refractivity contribution is 7.88. The molecule has 2 unspecified atom stereocenters. The zero-order valence-electron chi connectivity index (χ0n) is 20.3. The van der Waals surface area contributed by atoms with Gasteiger partial charge in [0.2, 0.25) is 21.8 Å². The first-order valence-electron chi connectivity index (χ1n) is 12.1. The predicted molar refractivity (Wildman–Crippen MR) is 130 cm³/mol. The van der Waals surface area contributed by atoms with Crippen LogP contribution in [0.2, 0.25) is 0 Å². The van der Waals surface area contributed by atoms with Crippen molar-refractivity contribution in [2.45, 2.75) is 69.8 Å². The number of rotatable bonds is 8. The first-order valence-corrected chi connectivity index (χ1v) is 14.0. The van der Waals surface area contributed by atoms with Crippen LogP contribution in [0.5, 0.6) is 0 Å². The van der Waals surface area contributed by atoms with E-state index in [1.165, 1.54) is 4.90 Å². The van der Waals surface area contributed by atoms with Crippen molar-refractivity contribution in [2.24, 2.45) is 5.92 Å². The Labute approximate surface area is 206 Å². The maximum Gasteiger partial charge on any atom is 0.247 e. The van der Waals surface area contributed by atoms with Gasteiger partial charge in [-0.1, -0.05) is 12.1 Å². The molecule has 0 radical (unpaired) electrons. The highest BCUT2D eigenvalue weighted by Crippen LogP contribution is 2.37. The number of sulfonamides is 1. The zero-order chi connectivity index (χ0) is 25.5. The van der Waals surface area contributed by atoms with Crippen molar-refractivity contribution >= 4 is 33.3 Å². The molecule has 10 nitrogen and oxygen atoms in total. The first kappa shape index (κ1) is 25.7. The van der Waals surface area contributed by atoms with Crippen LogP contribution in [0.25, 0.3) is 0 Å². The van der Waals surface area contributed by atoms with E-state index in [-0.39, 0.29) is 30.7 Å². The largest absolute Gasteiger partial charge is 0.390 e. The summed E-state index contributed by atoms with van der Waals surface area (Å²) in [6.45, 7) is 4.01. The first-order chi connectivity index (χ1) is 16.5. The molecule has 3 aliphatic rings. The van der Waals surface area contributed by atoms with Crippen LogP contribution >= 0.6 is 0 Å². The molecule has 3 aliphatic heterocycles. The van der Waals surface area contributed by atoms with Gasteiger partial charge in [-0.05, 0) is 51.7 Å². The molecule has 2 amide bonds. The molecule has 3 N–H and O–H groups in total. The molecule has 2 saturated heterocycles. The summed E-state index contributed by atoms with van der Waals surface area (Å²) in [4.78, 5) is 43.3. The summed E-state index contributed by atoms with van der Waals surface area (Å²) in [6.07, 6.45) is 3.34. The molecule has 35 heavy (non-hydrogen) atoms. The van der Waals surface area contributed by atoms with Crippen molar-refractivity contribution in [1.82, 2.24) is 14.9 Å². The van der Waals surface area contributed by atoms with E-state index in [0.29, 0.717) is 30.6 Å². The Bertz CT molecular complexity index is 1090. The summed E-state index contributed by atoms with van der Waals surface area (Å²) in [7, 11) is -3.38. The Balaban J connectivity index is 1.41. The van der Waals surface area contributed by atoms with E-state index in [2.05, 4.69) is 14.9 Å². The Kier molecular flexibility index (Phi) is 7.33. The molecule has 0 aromatic heterocycles. The van der Waals surface area contributed by atoms with Gasteiger partial charge in [-0.2, -0.15) is 0 Å². The minimum Gasteiger partial charge on any atom is -0.390 e. The number of hydrogen-bond donors (Lipinski definition) is 3. The standard InChI is InChI=1S/C24H34N4O6S/c1-14(2)28-20-7-5-4-6-19(20)22(30)21(24(28)32)23(31)26-15-10-16-8-9-17(11-15)27(16)13-18(29)12-25-35(3,33)34/h4-7,14-18,21,25,29H,8-13H2,1-3H3,(H,26,31)/t15?,16-,17+,18-,21?/m0/s1. The molecule has 2 bridgehead atoms. The van der Waals surface area contributed by atoms with Crippen LogP contribution in [-0.2, 0) is 19.6 Å². The Morgan fingerprint density at radius 2 is 1.77 bits per heavy atom. The monoisotopic (exact) mass is 506 g/mol. The molecular weight excluding hydrogens is 472 g/mol. The third-order valence-corrected chi connectivity index (χ3v) is 7.88. The molecule has 2 fully saturated rings. The number of benzene rings is 1. The van der Waals surface area contributed by atoms with Crippen molar-refractivity contribution in [2.75, 3.05) is 24.2 Å². The second kappa shape index (κ2) is 9.96. The molecule has 5 atom stereocenters. The van der Waals surface area contributed by atoms with E-state index in [1.54, 1.807) is 24.3 Å². The molecule has 3 heterocycles. The average molecular weight is 507 g/mol. The zero-order valence-corrected chi connectivity index (χ0v) is 21.1. The Morgan fingerprint density at radius 1 is 1.14 bits per heavy atom. The smallest absolute Gasteiger partial charge is 0.247 e. The van der Waals surface area contributed by atoms with Crippen molar-refractivity contribution < 1.29 is 27.9 Å². The van der Waals surface area contributed by atoms with Gasteiger partial charge in [-0.15, -0.1) is 0 Å². The van der Waals surface area contributed by atoms with Crippen LogP contribution in [0.3, 0.4) is 0 Å². The fraction of sp³-hybridized carbons (Fsp3) is 0.625. The van der Waals surface area contributed by atoms with Crippen molar-refractivity contribution in [3.8, 4) is 0 Å². The molecular formula is C24H34N4O6S. The van der Waals surface area contributed by atoms with E-state index < -0.39 is 39.6 Å². The van der Waals surface area contributed by atoms with Gasteiger partial charge in [-0.3, -0.25) is 19.3 Å². The van der Waals surface area contributed by atoms with Gasteiger partial charge < -0.3 is 15.3 Å². The molecule has 192 valence electrons. The summed E-state index contributed by atoms with van der Waals surface area (Å²) in [5.74, 6) is -2.92. The van der Waals surface area contributed by atoms with Crippen molar-refractivity contribution in [3.63, 3.8) is 0 Å². The number of para-hydroxylation sites is 1. The second-order valence-electron chi connectivity index (χ2n) is 10.1. The predicted octanol–water partition coefficient (Wildman–Crippen LogP) is 0.262. The van der Waals surface area contributed by atoms with Crippen LogP contribution in [0.1, 0.15) is 49.9 Å². The summed E-state index contributed by atoms with van der Waals surface area (Å²) in [6, 6.07) is 6.78. The van der Waals surface area contributed by atoms with E-state index in [0.717, 1.165) is 19.1 Å². The number of nitrogens with one attached hydrogen (secondary N) is 2. The van der Waals surface area contributed by atoms with Gasteiger partial charge in [0.15, 0.2) is 11.7 Å². The molecule has 1 aromatic carbocycles. The summed E-state index contributed by atoms with van der Waals surface area (Å²) < 4.78 is 24.9. The number of fused-ring (bicyclic) bond motifs is 3. The van der Waals surface area contributed by atoms with Crippen LogP contribution in [0, 0.1) is 5.92 Å². The van der Waals surface area contributed by atoms with Crippen molar-refractivity contribution in [3.05, 3.63) is 29.8 Å². The topological polar surface area (TPSA) is 136 Å². The molecule has 11 heteroatoms. The van der Waals surface area contributed by atoms with E-state index in [1.807, 2.05) is 13.8 Å². The molecule has 1 aromatic rings. The van der Waals surface area contributed by atoms with Gasteiger partial charge in [0.25, 0.3) is 0 Å². The number of carbonyl (C=O) groups is 3. The maximum atomic E-state index is 13.2. The van der Waals surface area contributed by atoms with Gasteiger partial charge in [0, 0.05) is 42.8 Å². The molecule has 4 rings (SSSR count). The van der Waals surface area contributed by atoms with Crippen LogP contribution < -0.4 is 14.9 Å².